The molecule has 2 heteroatoms. The van der Waals surface area contributed by atoms with Gasteiger partial charge < -0.3 is 10.4 Å². The highest BCUT2D eigenvalue weighted by atomic mass is 16.3. The molecule has 0 bridgehead atoms. The average molecular weight is 205 g/mol. The SMILES string of the molecule is OC(Cc1ccccc1)C1CCNCC1. The van der Waals surface area contributed by atoms with Gasteiger partial charge in [-0.2, -0.15) is 0 Å². The molecule has 0 spiro atoms. The van der Waals surface area contributed by atoms with Gasteiger partial charge in [-0.05, 0) is 43.8 Å². The van der Waals surface area contributed by atoms with E-state index in [-0.39, 0.29) is 6.10 Å². The molecule has 15 heavy (non-hydrogen) atoms. The Balaban J connectivity index is 1.88. The van der Waals surface area contributed by atoms with Crippen LogP contribution in [0.2, 0.25) is 0 Å². The number of hydrogen-bond acceptors (Lipinski definition) is 2. The van der Waals surface area contributed by atoms with E-state index in [1.807, 2.05) is 18.2 Å². The second-order valence-corrected chi connectivity index (χ2v) is 4.34. The Morgan fingerprint density at radius 3 is 2.53 bits per heavy atom. The molecule has 1 unspecified atom stereocenters. The molecule has 1 aliphatic heterocycles. The van der Waals surface area contributed by atoms with Crippen LogP contribution in [0.1, 0.15) is 18.4 Å². The number of benzene rings is 1. The average Bonchev–Trinajstić information content (AvgIpc) is 2.31. The molecule has 1 aliphatic rings. The van der Waals surface area contributed by atoms with Gasteiger partial charge in [0.25, 0.3) is 0 Å². The van der Waals surface area contributed by atoms with Crippen LogP contribution in [0.15, 0.2) is 30.3 Å². The summed E-state index contributed by atoms with van der Waals surface area (Å²) >= 11 is 0. The van der Waals surface area contributed by atoms with Crippen LogP contribution in [0.25, 0.3) is 0 Å². The van der Waals surface area contributed by atoms with Crippen molar-refractivity contribution in [2.75, 3.05) is 13.1 Å². The van der Waals surface area contributed by atoms with E-state index in [1.165, 1.54) is 5.56 Å². The maximum Gasteiger partial charge on any atom is 0.0609 e. The van der Waals surface area contributed by atoms with E-state index in [0.717, 1.165) is 32.4 Å². The summed E-state index contributed by atoms with van der Waals surface area (Å²) in [6.07, 6.45) is 2.84. The molecule has 82 valence electrons. The van der Waals surface area contributed by atoms with Crippen LogP contribution in [0.4, 0.5) is 0 Å². The molecule has 0 amide bonds. The van der Waals surface area contributed by atoms with Crippen molar-refractivity contribution in [3.05, 3.63) is 35.9 Å². The second kappa shape index (κ2) is 5.29. The first kappa shape index (κ1) is 10.7. The highest BCUT2D eigenvalue weighted by Crippen LogP contribution is 2.19. The van der Waals surface area contributed by atoms with Crippen molar-refractivity contribution in [2.45, 2.75) is 25.4 Å². The number of piperidine rings is 1. The van der Waals surface area contributed by atoms with Gasteiger partial charge in [0.1, 0.15) is 0 Å². The zero-order chi connectivity index (χ0) is 10.5. The van der Waals surface area contributed by atoms with Crippen LogP contribution in [0.5, 0.6) is 0 Å². The summed E-state index contributed by atoms with van der Waals surface area (Å²) in [4.78, 5) is 0. The lowest BCUT2D eigenvalue weighted by molar-refractivity contribution is 0.0891. The van der Waals surface area contributed by atoms with Crippen LogP contribution in [-0.4, -0.2) is 24.3 Å². The summed E-state index contributed by atoms with van der Waals surface area (Å²) in [5.74, 6) is 0.478. The smallest absolute Gasteiger partial charge is 0.0609 e. The van der Waals surface area contributed by atoms with Crippen LogP contribution in [-0.2, 0) is 6.42 Å². The van der Waals surface area contributed by atoms with Crippen LogP contribution < -0.4 is 5.32 Å². The van der Waals surface area contributed by atoms with Crippen LogP contribution in [0.3, 0.4) is 0 Å². The van der Waals surface area contributed by atoms with Gasteiger partial charge in [-0.15, -0.1) is 0 Å². The van der Waals surface area contributed by atoms with E-state index in [4.69, 9.17) is 0 Å². The van der Waals surface area contributed by atoms with Crippen molar-refractivity contribution < 1.29 is 5.11 Å². The lowest BCUT2D eigenvalue weighted by atomic mass is 9.89. The lowest BCUT2D eigenvalue weighted by Crippen LogP contribution is -2.34. The zero-order valence-electron chi connectivity index (χ0n) is 9.02. The summed E-state index contributed by atoms with van der Waals surface area (Å²) in [6, 6.07) is 10.3. The van der Waals surface area contributed by atoms with Gasteiger partial charge >= 0.3 is 0 Å². The first-order valence-electron chi connectivity index (χ1n) is 5.79. The zero-order valence-corrected chi connectivity index (χ0v) is 9.02. The Labute approximate surface area is 91.3 Å². The Bertz CT molecular complexity index is 280. The van der Waals surface area contributed by atoms with E-state index < -0.39 is 0 Å². The highest BCUT2D eigenvalue weighted by Gasteiger charge is 2.21. The van der Waals surface area contributed by atoms with Gasteiger partial charge in [-0.25, -0.2) is 0 Å². The molecule has 0 aliphatic carbocycles. The summed E-state index contributed by atoms with van der Waals surface area (Å²) in [7, 11) is 0. The van der Waals surface area contributed by atoms with Gasteiger partial charge in [-0.1, -0.05) is 30.3 Å². The third-order valence-corrected chi connectivity index (χ3v) is 3.22. The molecule has 1 atom stereocenters. The molecule has 1 aromatic carbocycles. The third kappa shape index (κ3) is 3.05. The predicted octanol–water partition coefficient (Wildman–Crippen LogP) is 1.59. The van der Waals surface area contributed by atoms with Crippen molar-refractivity contribution in [1.82, 2.24) is 5.32 Å². The van der Waals surface area contributed by atoms with Crippen LogP contribution >= 0.6 is 0 Å². The van der Waals surface area contributed by atoms with Crippen molar-refractivity contribution >= 4 is 0 Å². The Morgan fingerprint density at radius 1 is 1.20 bits per heavy atom. The van der Waals surface area contributed by atoms with Gasteiger partial charge in [-0.3, -0.25) is 0 Å². The van der Waals surface area contributed by atoms with Gasteiger partial charge in [0, 0.05) is 0 Å². The summed E-state index contributed by atoms with van der Waals surface area (Å²) in [5.41, 5.74) is 1.24. The van der Waals surface area contributed by atoms with Gasteiger partial charge in [0.05, 0.1) is 6.10 Å². The molecule has 0 saturated carbocycles. The van der Waals surface area contributed by atoms with Crippen molar-refractivity contribution in [2.24, 2.45) is 5.92 Å². The number of aliphatic hydroxyl groups is 1. The Hall–Kier alpha value is -0.860. The van der Waals surface area contributed by atoms with Gasteiger partial charge in [0.2, 0.25) is 0 Å². The summed E-state index contributed by atoms with van der Waals surface area (Å²) in [6.45, 7) is 2.10. The molecule has 1 saturated heterocycles. The van der Waals surface area contributed by atoms with Crippen molar-refractivity contribution in [1.29, 1.82) is 0 Å². The van der Waals surface area contributed by atoms with Gasteiger partial charge in [0.15, 0.2) is 0 Å². The number of rotatable bonds is 3. The molecular weight excluding hydrogens is 186 g/mol. The number of nitrogens with one attached hydrogen (secondary N) is 1. The molecule has 2 N–H and O–H groups in total. The minimum absolute atomic E-state index is 0.172. The maximum absolute atomic E-state index is 10.1. The van der Waals surface area contributed by atoms with Crippen LogP contribution in [0, 0.1) is 5.92 Å². The fraction of sp³-hybridized carbons (Fsp3) is 0.538. The summed E-state index contributed by atoms with van der Waals surface area (Å²) in [5, 5.41) is 13.4. The minimum atomic E-state index is -0.172. The third-order valence-electron chi connectivity index (χ3n) is 3.22. The molecule has 2 nitrogen and oxygen atoms in total. The van der Waals surface area contributed by atoms with Crippen molar-refractivity contribution in [3.63, 3.8) is 0 Å². The second-order valence-electron chi connectivity index (χ2n) is 4.34. The summed E-state index contributed by atoms with van der Waals surface area (Å²) < 4.78 is 0. The number of hydrogen-bond donors (Lipinski definition) is 2. The highest BCUT2D eigenvalue weighted by molar-refractivity contribution is 5.15. The van der Waals surface area contributed by atoms with E-state index in [1.54, 1.807) is 0 Å². The molecule has 2 rings (SSSR count). The lowest BCUT2D eigenvalue weighted by Gasteiger charge is -2.27. The monoisotopic (exact) mass is 205 g/mol. The fourth-order valence-electron chi connectivity index (χ4n) is 2.25. The maximum atomic E-state index is 10.1. The molecule has 0 aromatic heterocycles. The molecular formula is C13H19NO. The Kier molecular flexibility index (Phi) is 3.75. The van der Waals surface area contributed by atoms with E-state index in [2.05, 4.69) is 17.4 Å². The minimum Gasteiger partial charge on any atom is -0.392 e. The first-order chi connectivity index (χ1) is 7.36. The van der Waals surface area contributed by atoms with E-state index in [0.29, 0.717) is 5.92 Å². The van der Waals surface area contributed by atoms with E-state index >= 15 is 0 Å². The van der Waals surface area contributed by atoms with Crippen molar-refractivity contribution in [3.8, 4) is 0 Å². The molecule has 1 heterocycles. The molecule has 0 radical (unpaired) electrons. The molecule has 1 aromatic rings. The standard InChI is InChI=1S/C13H19NO/c15-13(12-6-8-14-9-7-12)10-11-4-2-1-3-5-11/h1-5,12-15H,6-10H2. The molecule has 1 fully saturated rings. The number of aliphatic hydroxyl groups excluding tert-OH is 1. The first-order valence-corrected chi connectivity index (χ1v) is 5.79. The predicted molar refractivity (Wildman–Crippen MR) is 61.7 cm³/mol. The largest absolute Gasteiger partial charge is 0.392 e. The van der Waals surface area contributed by atoms with E-state index in [9.17, 15) is 5.11 Å². The normalized spacial score (nSPS) is 20.1. The Morgan fingerprint density at radius 2 is 1.87 bits per heavy atom. The fourth-order valence-corrected chi connectivity index (χ4v) is 2.25. The topological polar surface area (TPSA) is 32.3 Å². The quantitative estimate of drug-likeness (QED) is 0.785.